The molecule has 0 saturated carbocycles. The molecule has 2 N–H and O–H groups in total. The van der Waals surface area contributed by atoms with Crippen LogP contribution >= 0.6 is 0 Å². The van der Waals surface area contributed by atoms with E-state index in [1.807, 2.05) is 27.7 Å². The Balaban J connectivity index is 2.27. The van der Waals surface area contributed by atoms with E-state index in [-0.39, 0.29) is 0 Å². The molecule has 7 heteroatoms. The number of hydrogen-bond donors (Lipinski definition) is 1. The van der Waals surface area contributed by atoms with E-state index < -0.39 is 24.2 Å². The van der Waals surface area contributed by atoms with Gasteiger partial charge in [0.1, 0.15) is 12.4 Å². The molecular formula is C16H24BNO5. The zero-order valence-electron chi connectivity index (χ0n) is 14.3. The topological polar surface area (TPSA) is 80.0 Å². The maximum absolute atomic E-state index is 11.5. The summed E-state index contributed by atoms with van der Waals surface area (Å²) in [4.78, 5) is 11.5. The predicted octanol–water partition coefficient (Wildman–Crippen LogP) is 1.11. The third-order valence-corrected chi connectivity index (χ3v) is 4.34. The molecule has 1 aliphatic heterocycles. The van der Waals surface area contributed by atoms with Gasteiger partial charge in [-0.25, -0.2) is 0 Å². The van der Waals surface area contributed by atoms with Crippen LogP contribution in [0, 0.1) is 0 Å². The van der Waals surface area contributed by atoms with Crippen molar-refractivity contribution in [1.82, 2.24) is 0 Å². The van der Waals surface area contributed by atoms with Crippen molar-refractivity contribution in [2.45, 2.75) is 38.9 Å². The van der Waals surface area contributed by atoms with Crippen molar-refractivity contribution in [2.24, 2.45) is 5.73 Å². The first-order chi connectivity index (χ1) is 10.7. The summed E-state index contributed by atoms with van der Waals surface area (Å²) in [6.45, 7) is 8.69. The SMILES string of the molecule is COCCOc1cc(B2OC(C)(C)C(C)(C)O2)ccc1C(N)=O. The Morgan fingerprint density at radius 3 is 2.30 bits per heavy atom. The molecule has 1 amide bonds. The largest absolute Gasteiger partial charge is 0.494 e. The zero-order chi connectivity index (χ0) is 17.3. The van der Waals surface area contributed by atoms with Crippen LogP contribution in [0.5, 0.6) is 5.75 Å². The van der Waals surface area contributed by atoms with E-state index in [1.165, 1.54) is 0 Å². The lowest BCUT2D eigenvalue weighted by molar-refractivity contribution is 0.00578. The number of primary amides is 1. The third kappa shape index (κ3) is 3.68. The highest BCUT2D eigenvalue weighted by molar-refractivity contribution is 6.62. The van der Waals surface area contributed by atoms with Crippen molar-refractivity contribution in [3.63, 3.8) is 0 Å². The van der Waals surface area contributed by atoms with Crippen LogP contribution in [0.25, 0.3) is 0 Å². The Morgan fingerprint density at radius 2 is 1.78 bits per heavy atom. The van der Waals surface area contributed by atoms with E-state index in [0.29, 0.717) is 24.5 Å². The first kappa shape index (κ1) is 17.8. The number of carbonyl (C=O) groups excluding carboxylic acids is 1. The molecule has 1 aliphatic rings. The minimum Gasteiger partial charge on any atom is -0.490 e. The van der Waals surface area contributed by atoms with Crippen molar-refractivity contribution in [1.29, 1.82) is 0 Å². The van der Waals surface area contributed by atoms with E-state index in [0.717, 1.165) is 5.46 Å². The molecule has 0 unspecified atom stereocenters. The Bertz CT molecular complexity index is 572. The quantitative estimate of drug-likeness (QED) is 0.627. The number of nitrogens with two attached hydrogens (primary N) is 1. The van der Waals surface area contributed by atoms with Gasteiger partial charge in [-0.15, -0.1) is 0 Å². The summed E-state index contributed by atoms with van der Waals surface area (Å²) in [6, 6.07) is 5.13. The van der Waals surface area contributed by atoms with E-state index in [1.54, 1.807) is 25.3 Å². The average molecular weight is 321 g/mol. The van der Waals surface area contributed by atoms with Crippen LogP contribution in [0.4, 0.5) is 0 Å². The monoisotopic (exact) mass is 321 g/mol. The summed E-state index contributed by atoms with van der Waals surface area (Å²) in [5.74, 6) is -0.139. The number of hydrogen-bond acceptors (Lipinski definition) is 5. The number of carbonyl (C=O) groups is 1. The summed E-state index contributed by atoms with van der Waals surface area (Å²) < 4.78 is 22.6. The van der Waals surface area contributed by atoms with E-state index in [4.69, 9.17) is 24.5 Å². The van der Waals surface area contributed by atoms with Crippen molar-refractivity contribution >= 4 is 18.5 Å². The van der Waals surface area contributed by atoms with Crippen LogP contribution < -0.4 is 15.9 Å². The van der Waals surface area contributed by atoms with Gasteiger partial charge >= 0.3 is 7.12 Å². The Kier molecular flexibility index (Phi) is 5.03. The minimum absolute atomic E-state index is 0.321. The van der Waals surface area contributed by atoms with Crippen molar-refractivity contribution in [3.8, 4) is 5.75 Å². The van der Waals surface area contributed by atoms with Gasteiger partial charge in [-0.1, -0.05) is 6.07 Å². The van der Waals surface area contributed by atoms with Crippen molar-refractivity contribution in [3.05, 3.63) is 23.8 Å². The lowest BCUT2D eigenvalue weighted by atomic mass is 9.78. The lowest BCUT2D eigenvalue weighted by Gasteiger charge is -2.32. The Labute approximate surface area is 137 Å². The van der Waals surface area contributed by atoms with Gasteiger partial charge in [-0.05, 0) is 45.3 Å². The van der Waals surface area contributed by atoms with Gasteiger partial charge in [0, 0.05) is 7.11 Å². The predicted molar refractivity (Wildman–Crippen MR) is 88.0 cm³/mol. The molecule has 2 rings (SSSR count). The summed E-state index contributed by atoms with van der Waals surface area (Å²) in [6.07, 6.45) is 0. The first-order valence-corrected chi connectivity index (χ1v) is 7.59. The number of benzene rings is 1. The molecule has 0 aromatic heterocycles. The molecule has 1 aromatic carbocycles. The highest BCUT2D eigenvalue weighted by atomic mass is 16.7. The summed E-state index contributed by atoms with van der Waals surface area (Å²) in [7, 11) is 1.06. The molecule has 0 atom stereocenters. The fraction of sp³-hybridized carbons (Fsp3) is 0.562. The van der Waals surface area contributed by atoms with Crippen molar-refractivity contribution < 1.29 is 23.6 Å². The van der Waals surface area contributed by atoms with E-state index in [9.17, 15) is 4.79 Å². The smallest absolute Gasteiger partial charge is 0.490 e. The third-order valence-electron chi connectivity index (χ3n) is 4.34. The zero-order valence-corrected chi connectivity index (χ0v) is 14.3. The molecule has 1 fully saturated rings. The first-order valence-electron chi connectivity index (χ1n) is 7.59. The van der Waals surface area contributed by atoms with Gasteiger partial charge in [-0.2, -0.15) is 0 Å². The van der Waals surface area contributed by atoms with Crippen LogP contribution in [-0.4, -0.2) is 44.6 Å². The minimum atomic E-state index is -0.544. The van der Waals surface area contributed by atoms with Crippen LogP contribution in [-0.2, 0) is 14.0 Å². The number of methoxy groups -OCH3 is 1. The maximum Gasteiger partial charge on any atom is 0.494 e. The van der Waals surface area contributed by atoms with Gasteiger partial charge in [0.25, 0.3) is 5.91 Å². The summed E-state index contributed by atoms with van der Waals surface area (Å²) >= 11 is 0. The van der Waals surface area contributed by atoms with E-state index in [2.05, 4.69) is 0 Å². The maximum atomic E-state index is 11.5. The second-order valence-corrected chi connectivity index (χ2v) is 6.55. The molecule has 126 valence electrons. The Morgan fingerprint density at radius 1 is 1.17 bits per heavy atom. The van der Waals surface area contributed by atoms with Crippen molar-refractivity contribution in [2.75, 3.05) is 20.3 Å². The highest BCUT2D eigenvalue weighted by Crippen LogP contribution is 2.36. The van der Waals surface area contributed by atoms with Gasteiger partial charge in [0.05, 0.1) is 23.4 Å². The lowest BCUT2D eigenvalue weighted by Crippen LogP contribution is -2.41. The molecule has 23 heavy (non-hydrogen) atoms. The molecule has 0 radical (unpaired) electrons. The molecule has 1 aromatic rings. The molecule has 1 heterocycles. The molecule has 1 saturated heterocycles. The number of ether oxygens (including phenoxy) is 2. The summed E-state index contributed by atoms with van der Waals surface area (Å²) in [5, 5.41) is 0. The second kappa shape index (κ2) is 6.51. The number of amides is 1. The molecule has 6 nitrogen and oxygen atoms in total. The van der Waals surface area contributed by atoms with Gasteiger partial charge in [0.2, 0.25) is 0 Å². The van der Waals surface area contributed by atoms with Crippen LogP contribution in [0.1, 0.15) is 38.1 Å². The molecule has 0 aliphatic carbocycles. The van der Waals surface area contributed by atoms with E-state index >= 15 is 0 Å². The van der Waals surface area contributed by atoms with Gasteiger partial charge in [-0.3, -0.25) is 4.79 Å². The standard InChI is InChI=1S/C16H24BNO5/c1-15(2)16(3,4)23-17(22-15)11-6-7-12(14(18)19)13(10-11)21-9-8-20-5/h6-7,10H,8-9H2,1-5H3,(H2,18,19). The fourth-order valence-corrected chi connectivity index (χ4v) is 2.22. The molecule has 0 bridgehead atoms. The summed E-state index contributed by atoms with van der Waals surface area (Å²) in [5.41, 5.74) is 5.63. The van der Waals surface area contributed by atoms with Crippen LogP contribution in [0.3, 0.4) is 0 Å². The van der Waals surface area contributed by atoms with Crippen LogP contribution in [0.2, 0.25) is 0 Å². The van der Waals surface area contributed by atoms with Crippen LogP contribution in [0.15, 0.2) is 18.2 Å². The average Bonchev–Trinajstić information content (AvgIpc) is 2.67. The highest BCUT2D eigenvalue weighted by Gasteiger charge is 2.51. The normalized spacial score (nSPS) is 18.9. The van der Waals surface area contributed by atoms with Gasteiger partial charge in [0.15, 0.2) is 0 Å². The second-order valence-electron chi connectivity index (χ2n) is 6.55. The number of rotatable bonds is 6. The fourth-order valence-electron chi connectivity index (χ4n) is 2.22. The van der Waals surface area contributed by atoms with Gasteiger partial charge < -0.3 is 24.5 Å². The Hall–Kier alpha value is -1.57. The molecular weight excluding hydrogens is 297 g/mol. The molecule has 0 spiro atoms.